The van der Waals surface area contributed by atoms with E-state index >= 15 is 0 Å². The minimum absolute atomic E-state index is 0.169. The highest BCUT2D eigenvalue weighted by Gasteiger charge is 2.23. The fourth-order valence-corrected chi connectivity index (χ4v) is 6.08. The predicted octanol–water partition coefficient (Wildman–Crippen LogP) is 7.04. The average Bonchev–Trinajstić information content (AvgIpc) is 3.07. The Bertz CT molecular complexity index is 1720. The summed E-state index contributed by atoms with van der Waals surface area (Å²) in [7, 11) is 5.32. The number of carbonyl (C=O) groups is 1. The third-order valence-corrected chi connectivity index (χ3v) is 8.57. The molecule has 1 aromatic heterocycles. The fourth-order valence-electron chi connectivity index (χ4n) is 5.87. The number of rotatable bonds is 13. The van der Waals surface area contributed by atoms with Crippen LogP contribution in [0, 0.1) is 20.8 Å². The van der Waals surface area contributed by atoms with Gasteiger partial charge < -0.3 is 34.1 Å². The highest BCUT2D eigenvalue weighted by atomic mass is 35.5. The first-order valence-corrected chi connectivity index (χ1v) is 16.7. The third kappa shape index (κ3) is 9.53. The van der Waals surface area contributed by atoms with Crippen LogP contribution in [0.3, 0.4) is 0 Å². The maximum Gasteiger partial charge on any atom is 0.421 e. The van der Waals surface area contributed by atoms with Crippen LogP contribution < -0.4 is 29.2 Å². The van der Waals surface area contributed by atoms with Gasteiger partial charge in [0.2, 0.25) is 11.7 Å². The molecule has 11 nitrogen and oxygen atoms in total. The van der Waals surface area contributed by atoms with Crippen LogP contribution in [0.2, 0.25) is 5.02 Å². The number of methoxy groups -OCH3 is 2. The Morgan fingerprint density at radius 1 is 0.939 bits per heavy atom. The van der Waals surface area contributed by atoms with Gasteiger partial charge in [0.15, 0.2) is 11.5 Å². The molecule has 1 fully saturated rings. The lowest BCUT2D eigenvalue weighted by Gasteiger charge is -2.32. The number of amides is 1. The van der Waals surface area contributed by atoms with Crippen LogP contribution in [0.15, 0.2) is 60.8 Å². The van der Waals surface area contributed by atoms with E-state index in [0.29, 0.717) is 46.1 Å². The number of nitrogens with zero attached hydrogens (tertiary/aromatic N) is 5. The smallest absolute Gasteiger partial charge is 0.421 e. The largest absolute Gasteiger partial charge is 0.493 e. The molecule has 2 heterocycles. The molecule has 1 aliphatic heterocycles. The van der Waals surface area contributed by atoms with Gasteiger partial charge in [-0.2, -0.15) is 4.98 Å². The monoisotopic (exact) mass is 688 g/mol. The van der Waals surface area contributed by atoms with E-state index in [2.05, 4.69) is 27.1 Å². The maximum absolute atomic E-state index is 13.8. The Kier molecular flexibility index (Phi) is 12.2. The Hall–Kier alpha value is -4.58. The molecule has 3 aromatic carbocycles. The van der Waals surface area contributed by atoms with Crippen molar-refractivity contribution in [2.75, 3.05) is 70.8 Å². The molecule has 0 spiro atoms. The number of hydrogen-bond donors (Lipinski definition) is 1. The minimum Gasteiger partial charge on any atom is -0.493 e. The SMILES string of the molecule is COc1cc(Nc2nccc(N(Cc3cccc(Cl)c3)C(=O)Oc3c(C)cc(C)cc3C)n2)cc(OCCCN2CCN(C)CC2)c1OC. The average molecular weight is 689 g/mol. The molecule has 0 radical (unpaired) electrons. The lowest BCUT2D eigenvalue weighted by molar-refractivity contribution is 0.145. The molecule has 0 bridgehead atoms. The second kappa shape index (κ2) is 16.7. The maximum atomic E-state index is 13.8. The summed E-state index contributed by atoms with van der Waals surface area (Å²) in [5.41, 5.74) is 4.25. The summed E-state index contributed by atoms with van der Waals surface area (Å²) in [5, 5.41) is 3.81. The van der Waals surface area contributed by atoms with Gasteiger partial charge in [-0.15, -0.1) is 0 Å². The first-order chi connectivity index (χ1) is 23.6. The van der Waals surface area contributed by atoms with E-state index in [4.69, 9.17) is 35.5 Å². The number of aryl methyl sites for hydroxylation is 3. The van der Waals surface area contributed by atoms with E-state index in [-0.39, 0.29) is 12.5 Å². The molecule has 4 aromatic rings. The molecule has 1 N–H and O–H groups in total. The van der Waals surface area contributed by atoms with Crippen LogP contribution in [-0.4, -0.2) is 86.5 Å². The Labute approximate surface area is 293 Å². The highest BCUT2D eigenvalue weighted by molar-refractivity contribution is 6.30. The van der Waals surface area contributed by atoms with Gasteiger partial charge in [0.25, 0.3) is 0 Å². The summed E-state index contributed by atoms with van der Waals surface area (Å²) in [6.07, 6.45) is 1.87. The van der Waals surface area contributed by atoms with Gasteiger partial charge in [0.1, 0.15) is 11.6 Å². The van der Waals surface area contributed by atoms with Gasteiger partial charge in [-0.25, -0.2) is 9.78 Å². The topological polar surface area (TPSA) is 102 Å². The van der Waals surface area contributed by atoms with Crippen molar-refractivity contribution in [3.63, 3.8) is 0 Å². The number of carbonyl (C=O) groups excluding carboxylic acids is 1. The van der Waals surface area contributed by atoms with Crippen molar-refractivity contribution in [3.8, 4) is 23.0 Å². The molecule has 0 saturated carbocycles. The molecule has 12 heteroatoms. The van der Waals surface area contributed by atoms with Gasteiger partial charge in [-0.3, -0.25) is 4.90 Å². The molecular weight excluding hydrogens is 644 g/mol. The highest BCUT2D eigenvalue weighted by Crippen LogP contribution is 2.41. The van der Waals surface area contributed by atoms with Crippen LogP contribution in [0.4, 0.5) is 22.2 Å². The minimum atomic E-state index is -0.585. The summed E-state index contributed by atoms with van der Waals surface area (Å²) >= 11 is 6.29. The molecule has 0 aliphatic carbocycles. The number of piperazine rings is 1. The van der Waals surface area contributed by atoms with Crippen molar-refractivity contribution < 1.29 is 23.7 Å². The first-order valence-electron chi connectivity index (χ1n) is 16.3. The number of nitrogens with one attached hydrogen (secondary N) is 1. The zero-order valence-corrected chi connectivity index (χ0v) is 29.8. The van der Waals surface area contributed by atoms with Crippen molar-refractivity contribution in [1.82, 2.24) is 19.8 Å². The molecule has 0 unspecified atom stereocenters. The molecule has 1 saturated heterocycles. The Morgan fingerprint density at radius 3 is 2.37 bits per heavy atom. The van der Waals surface area contributed by atoms with Crippen molar-refractivity contribution in [3.05, 3.63) is 88.1 Å². The Balaban J connectivity index is 1.37. The quantitative estimate of drug-likeness (QED) is 0.147. The van der Waals surface area contributed by atoms with Crippen LogP contribution in [-0.2, 0) is 6.54 Å². The van der Waals surface area contributed by atoms with Crippen molar-refractivity contribution in [1.29, 1.82) is 0 Å². The van der Waals surface area contributed by atoms with E-state index < -0.39 is 6.09 Å². The number of benzene rings is 3. The lowest BCUT2D eigenvalue weighted by atomic mass is 10.1. The van der Waals surface area contributed by atoms with Crippen LogP contribution in [0.5, 0.6) is 23.0 Å². The summed E-state index contributed by atoms with van der Waals surface area (Å²) in [6, 6.07) is 16.6. The molecule has 1 amide bonds. The van der Waals surface area contributed by atoms with Crippen molar-refractivity contribution in [2.45, 2.75) is 33.7 Å². The standard InChI is InChI=1S/C37H45ClN6O5/c1-25-19-26(2)34(27(3)20-25)49-37(45)44(24-28-9-7-10-29(38)21-28)33-11-12-39-36(41-33)40-30-22-31(46-5)35(47-6)32(23-30)48-18-8-13-43-16-14-42(4)15-17-43/h7,9-12,19-23H,8,13-18,24H2,1-6H3,(H,39,40,41). The number of halogens is 1. The summed E-state index contributed by atoms with van der Waals surface area (Å²) < 4.78 is 23.5. The van der Waals surface area contributed by atoms with Gasteiger partial charge in [-0.1, -0.05) is 41.4 Å². The zero-order valence-electron chi connectivity index (χ0n) is 29.1. The number of anilines is 3. The second-order valence-electron chi connectivity index (χ2n) is 12.2. The molecule has 5 rings (SSSR count). The molecule has 1 aliphatic rings. The molecule has 260 valence electrons. The summed E-state index contributed by atoms with van der Waals surface area (Å²) in [5.74, 6) is 2.64. The Morgan fingerprint density at radius 2 is 1.67 bits per heavy atom. The molecular formula is C37H45ClN6O5. The van der Waals surface area contributed by atoms with E-state index in [1.165, 1.54) is 4.90 Å². The van der Waals surface area contributed by atoms with E-state index in [9.17, 15) is 4.79 Å². The van der Waals surface area contributed by atoms with Crippen LogP contribution >= 0.6 is 11.6 Å². The molecule has 0 atom stereocenters. The third-order valence-electron chi connectivity index (χ3n) is 8.33. The van der Waals surface area contributed by atoms with Crippen LogP contribution in [0.25, 0.3) is 0 Å². The van der Waals surface area contributed by atoms with Gasteiger partial charge in [0, 0.05) is 61.8 Å². The van der Waals surface area contributed by atoms with Gasteiger partial charge in [0.05, 0.1) is 27.4 Å². The normalized spacial score (nSPS) is 13.5. The van der Waals surface area contributed by atoms with E-state index in [1.807, 2.05) is 51.1 Å². The van der Waals surface area contributed by atoms with Crippen molar-refractivity contribution in [2.24, 2.45) is 0 Å². The summed E-state index contributed by atoms with van der Waals surface area (Å²) in [4.78, 5) is 29.3. The number of likely N-dealkylation sites (N-methyl/N-ethyl adjacent to an activating group) is 1. The number of hydrogen-bond acceptors (Lipinski definition) is 10. The second-order valence-corrected chi connectivity index (χ2v) is 12.7. The predicted molar refractivity (Wildman–Crippen MR) is 193 cm³/mol. The van der Waals surface area contributed by atoms with Crippen molar-refractivity contribution >= 4 is 35.1 Å². The fraction of sp³-hybridized carbons (Fsp3) is 0.378. The number of ether oxygens (including phenoxy) is 4. The van der Waals surface area contributed by atoms with Crippen LogP contribution in [0.1, 0.15) is 28.7 Å². The van der Waals surface area contributed by atoms with E-state index in [0.717, 1.165) is 61.4 Å². The zero-order chi connectivity index (χ0) is 34.9. The number of aromatic nitrogens is 2. The lowest BCUT2D eigenvalue weighted by Crippen LogP contribution is -2.44. The van der Waals surface area contributed by atoms with Gasteiger partial charge >= 0.3 is 6.09 Å². The first kappa shape index (κ1) is 35.7. The van der Waals surface area contributed by atoms with E-state index in [1.54, 1.807) is 44.7 Å². The van der Waals surface area contributed by atoms with Gasteiger partial charge in [-0.05, 0) is 69.1 Å². The molecule has 49 heavy (non-hydrogen) atoms. The summed E-state index contributed by atoms with van der Waals surface area (Å²) in [6.45, 7) is 11.8.